The Morgan fingerprint density at radius 1 is 1.11 bits per heavy atom. The number of nitrogens with one attached hydrogen (secondary N) is 1. The van der Waals surface area contributed by atoms with Gasteiger partial charge < -0.3 is 5.32 Å². The zero-order valence-corrected chi connectivity index (χ0v) is 17.7. The van der Waals surface area contributed by atoms with Crippen LogP contribution in [-0.4, -0.2) is 27.1 Å². The Morgan fingerprint density at radius 3 is 2.39 bits per heavy atom. The third-order valence-electron chi connectivity index (χ3n) is 5.05. The Kier molecular flexibility index (Phi) is 6.30. The lowest BCUT2D eigenvalue weighted by atomic mass is 9.89. The lowest BCUT2D eigenvalue weighted by Crippen LogP contribution is -2.41. The maximum Gasteiger partial charge on any atom is 0.241 e. The molecule has 3 rings (SSSR count). The van der Waals surface area contributed by atoms with Crippen LogP contribution in [-0.2, 0) is 27.7 Å². The molecular weight excluding hydrogens is 396 g/mol. The highest BCUT2D eigenvalue weighted by atomic mass is 35.5. The van der Waals surface area contributed by atoms with E-state index >= 15 is 0 Å². The van der Waals surface area contributed by atoms with Crippen molar-refractivity contribution in [3.05, 3.63) is 64.2 Å². The van der Waals surface area contributed by atoms with Gasteiger partial charge in [-0.05, 0) is 73.6 Å². The number of halogens is 1. The second kappa shape index (κ2) is 8.53. The van der Waals surface area contributed by atoms with E-state index in [0.29, 0.717) is 10.7 Å². The van der Waals surface area contributed by atoms with E-state index < -0.39 is 10.0 Å². The Labute approximate surface area is 171 Å². The third kappa shape index (κ3) is 5.06. The molecule has 0 saturated heterocycles. The predicted molar refractivity (Wildman–Crippen MR) is 113 cm³/mol. The van der Waals surface area contributed by atoms with Crippen molar-refractivity contribution in [1.82, 2.24) is 5.32 Å². The molecule has 0 spiro atoms. The largest absolute Gasteiger partial charge is 0.348 e. The van der Waals surface area contributed by atoms with Crippen molar-refractivity contribution in [3.63, 3.8) is 0 Å². The number of aryl methyl sites for hydroxylation is 2. The van der Waals surface area contributed by atoms with Crippen molar-refractivity contribution in [2.75, 3.05) is 17.1 Å². The second-order valence-electron chi connectivity index (χ2n) is 7.27. The first-order chi connectivity index (χ1) is 13.2. The summed E-state index contributed by atoms with van der Waals surface area (Å²) in [4.78, 5) is 12.6. The Hall–Kier alpha value is -2.05. The van der Waals surface area contributed by atoms with Crippen LogP contribution in [0.5, 0.6) is 0 Å². The van der Waals surface area contributed by atoms with Crippen LogP contribution in [0.1, 0.15) is 42.5 Å². The standard InChI is InChI=1S/C21H25ClN2O3S/c1-15(17-8-7-16-5-3-4-6-18(16)13-17)23-21(25)14-24(28(2,26)27)20-11-9-19(22)10-12-20/h7-13,15H,3-6,14H2,1-2H3,(H,23,25)/t15-/m1/s1. The van der Waals surface area contributed by atoms with Gasteiger partial charge in [0.25, 0.3) is 0 Å². The highest BCUT2D eigenvalue weighted by molar-refractivity contribution is 7.92. The fourth-order valence-electron chi connectivity index (χ4n) is 3.53. The summed E-state index contributed by atoms with van der Waals surface area (Å²) in [6, 6.07) is 12.5. The minimum absolute atomic E-state index is 0.202. The van der Waals surface area contributed by atoms with Gasteiger partial charge in [0.1, 0.15) is 6.54 Å². The van der Waals surface area contributed by atoms with Crippen LogP contribution < -0.4 is 9.62 Å². The molecule has 1 atom stereocenters. The number of sulfonamides is 1. The zero-order valence-electron chi connectivity index (χ0n) is 16.1. The molecule has 7 heteroatoms. The van der Waals surface area contributed by atoms with E-state index in [1.807, 2.05) is 13.0 Å². The van der Waals surface area contributed by atoms with Gasteiger partial charge in [0.15, 0.2) is 0 Å². The summed E-state index contributed by atoms with van der Waals surface area (Å²) in [5, 5.41) is 3.42. The fraction of sp³-hybridized carbons (Fsp3) is 0.381. The molecule has 2 aromatic rings. The van der Waals surface area contributed by atoms with Crippen LogP contribution in [0.25, 0.3) is 0 Å². The molecule has 0 fully saturated rings. The summed E-state index contributed by atoms with van der Waals surface area (Å²) in [5.41, 5.74) is 4.18. The van der Waals surface area contributed by atoms with Crippen LogP contribution in [0.3, 0.4) is 0 Å². The highest BCUT2D eigenvalue weighted by Crippen LogP contribution is 2.25. The van der Waals surface area contributed by atoms with E-state index in [4.69, 9.17) is 11.6 Å². The average Bonchev–Trinajstić information content (AvgIpc) is 2.65. The van der Waals surface area contributed by atoms with Gasteiger partial charge in [-0.2, -0.15) is 0 Å². The number of carbonyl (C=O) groups excluding carboxylic acids is 1. The molecular formula is C21H25ClN2O3S. The van der Waals surface area contributed by atoms with Crippen molar-refractivity contribution in [2.24, 2.45) is 0 Å². The maximum atomic E-state index is 12.6. The third-order valence-corrected chi connectivity index (χ3v) is 6.44. The Morgan fingerprint density at radius 2 is 1.75 bits per heavy atom. The average molecular weight is 421 g/mol. The second-order valence-corrected chi connectivity index (χ2v) is 9.61. The molecule has 1 amide bonds. The molecule has 1 aliphatic rings. The molecule has 0 aliphatic heterocycles. The smallest absolute Gasteiger partial charge is 0.241 e. The normalized spacial score (nSPS) is 14.8. The first kappa shape index (κ1) is 20.7. The van der Waals surface area contributed by atoms with Gasteiger partial charge in [-0.25, -0.2) is 8.42 Å². The number of carbonyl (C=O) groups is 1. The minimum Gasteiger partial charge on any atom is -0.348 e. The Bertz CT molecular complexity index is 958. The molecule has 0 unspecified atom stereocenters. The van der Waals surface area contributed by atoms with Crippen LogP contribution in [0.2, 0.25) is 5.02 Å². The van der Waals surface area contributed by atoms with E-state index in [1.165, 1.54) is 24.0 Å². The van der Waals surface area contributed by atoms with Gasteiger partial charge in [-0.1, -0.05) is 29.8 Å². The highest BCUT2D eigenvalue weighted by Gasteiger charge is 2.22. The maximum absolute atomic E-state index is 12.6. The summed E-state index contributed by atoms with van der Waals surface area (Å²) < 4.78 is 25.4. The van der Waals surface area contributed by atoms with E-state index in [2.05, 4.69) is 17.4 Å². The van der Waals surface area contributed by atoms with Gasteiger partial charge in [0.2, 0.25) is 15.9 Å². The molecule has 1 aliphatic carbocycles. The van der Waals surface area contributed by atoms with Crippen LogP contribution in [0, 0.1) is 0 Å². The van der Waals surface area contributed by atoms with E-state index in [9.17, 15) is 13.2 Å². The van der Waals surface area contributed by atoms with Crippen molar-refractivity contribution < 1.29 is 13.2 Å². The molecule has 1 N–H and O–H groups in total. The summed E-state index contributed by atoms with van der Waals surface area (Å²) >= 11 is 5.88. The van der Waals surface area contributed by atoms with Crippen molar-refractivity contribution >= 4 is 33.2 Å². The molecule has 0 heterocycles. The molecule has 0 radical (unpaired) electrons. The minimum atomic E-state index is -3.61. The van der Waals surface area contributed by atoms with Gasteiger partial charge in [-0.3, -0.25) is 9.10 Å². The van der Waals surface area contributed by atoms with Gasteiger partial charge in [-0.15, -0.1) is 0 Å². The number of anilines is 1. The summed E-state index contributed by atoms with van der Waals surface area (Å²) in [6.07, 6.45) is 5.69. The van der Waals surface area contributed by atoms with E-state index in [0.717, 1.165) is 29.0 Å². The fourth-order valence-corrected chi connectivity index (χ4v) is 4.51. The molecule has 0 saturated carbocycles. The van der Waals surface area contributed by atoms with Crippen LogP contribution >= 0.6 is 11.6 Å². The molecule has 0 aromatic heterocycles. The first-order valence-corrected chi connectivity index (χ1v) is 11.6. The van der Waals surface area contributed by atoms with Crippen molar-refractivity contribution in [2.45, 2.75) is 38.6 Å². The number of hydrogen-bond donors (Lipinski definition) is 1. The number of hydrogen-bond acceptors (Lipinski definition) is 3. The SMILES string of the molecule is C[C@@H](NC(=O)CN(c1ccc(Cl)cc1)S(C)(=O)=O)c1ccc2c(c1)CCCC2. The lowest BCUT2D eigenvalue weighted by molar-refractivity contribution is -0.120. The molecule has 150 valence electrons. The van der Waals surface area contributed by atoms with Gasteiger partial charge in [0.05, 0.1) is 18.0 Å². The van der Waals surface area contributed by atoms with E-state index in [1.54, 1.807) is 24.3 Å². The quantitative estimate of drug-likeness (QED) is 0.771. The lowest BCUT2D eigenvalue weighted by Gasteiger charge is -2.24. The number of nitrogens with zero attached hydrogens (tertiary/aromatic N) is 1. The van der Waals surface area contributed by atoms with Crippen LogP contribution in [0.4, 0.5) is 5.69 Å². The predicted octanol–water partition coefficient (Wildman–Crippen LogP) is 3.86. The van der Waals surface area contributed by atoms with Gasteiger partial charge >= 0.3 is 0 Å². The van der Waals surface area contributed by atoms with Crippen molar-refractivity contribution in [3.8, 4) is 0 Å². The number of rotatable bonds is 6. The summed E-state index contributed by atoms with van der Waals surface area (Å²) in [5.74, 6) is -0.356. The van der Waals surface area contributed by atoms with E-state index in [-0.39, 0.29) is 18.5 Å². The molecule has 2 aromatic carbocycles. The topological polar surface area (TPSA) is 66.5 Å². The number of benzene rings is 2. The summed E-state index contributed by atoms with van der Waals surface area (Å²) in [6.45, 7) is 1.63. The van der Waals surface area contributed by atoms with Crippen molar-refractivity contribution in [1.29, 1.82) is 0 Å². The molecule has 5 nitrogen and oxygen atoms in total. The first-order valence-electron chi connectivity index (χ1n) is 9.38. The molecule has 0 bridgehead atoms. The summed E-state index contributed by atoms with van der Waals surface area (Å²) in [7, 11) is -3.61. The number of amides is 1. The van der Waals surface area contributed by atoms with Gasteiger partial charge in [0, 0.05) is 5.02 Å². The zero-order chi connectivity index (χ0) is 20.3. The van der Waals surface area contributed by atoms with Crippen LogP contribution in [0.15, 0.2) is 42.5 Å². The Balaban J connectivity index is 1.71. The number of fused-ring (bicyclic) bond motifs is 1. The monoisotopic (exact) mass is 420 g/mol. The molecule has 28 heavy (non-hydrogen) atoms.